The third-order valence-electron chi connectivity index (χ3n) is 5.23. The molecule has 0 saturated heterocycles. The fourth-order valence-electron chi connectivity index (χ4n) is 3.24. The first kappa shape index (κ1) is 26.3. The van der Waals surface area contributed by atoms with Gasteiger partial charge in [-0.3, -0.25) is 14.6 Å². The van der Waals surface area contributed by atoms with Gasteiger partial charge in [-0.15, -0.1) is 0 Å². The van der Waals surface area contributed by atoms with Crippen molar-refractivity contribution in [2.24, 2.45) is 10.7 Å². The second-order valence-electron chi connectivity index (χ2n) is 7.90. The van der Waals surface area contributed by atoms with Crippen LogP contribution in [0.15, 0.2) is 47.5 Å². The standard InChI is InChI=1S/C24H32N6O4/c1-28(13-11-27-22-7-4-3-6-21(22)26)23(32)18-8-9-19(15-29(2)24(33)34)20(14-18)16-30(17-31)12-5-10-25/h3-4,6-9,11,14,17H,5,10,12-13,15-16,25-26H2,1-2H3,(H,33,34). The van der Waals surface area contributed by atoms with Gasteiger partial charge in [-0.2, -0.15) is 0 Å². The lowest BCUT2D eigenvalue weighted by atomic mass is 10.0. The number of hydrogen-bond acceptors (Lipinski definition) is 6. The molecule has 0 radical (unpaired) electrons. The Hall–Kier alpha value is -3.92. The van der Waals surface area contributed by atoms with Crippen LogP contribution in [0.5, 0.6) is 0 Å². The number of carbonyl (C=O) groups excluding carboxylic acids is 2. The van der Waals surface area contributed by atoms with Crippen LogP contribution in [0.4, 0.5) is 16.2 Å². The van der Waals surface area contributed by atoms with Gasteiger partial charge >= 0.3 is 6.09 Å². The highest BCUT2D eigenvalue weighted by atomic mass is 16.4. The molecule has 0 spiro atoms. The van der Waals surface area contributed by atoms with E-state index in [0.717, 1.165) is 11.3 Å². The molecule has 182 valence electrons. The highest BCUT2D eigenvalue weighted by Crippen LogP contribution is 2.20. The largest absolute Gasteiger partial charge is 0.465 e. The fraction of sp³-hybridized carbons (Fsp3) is 0.333. The Morgan fingerprint density at radius 2 is 1.79 bits per heavy atom. The van der Waals surface area contributed by atoms with Crippen LogP contribution in [-0.4, -0.2) is 78.2 Å². The smallest absolute Gasteiger partial charge is 0.407 e. The van der Waals surface area contributed by atoms with E-state index in [0.29, 0.717) is 47.6 Å². The molecule has 0 aromatic heterocycles. The molecule has 0 fully saturated rings. The van der Waals surface area contributed by atoms with E-state index in [1.807, 2.05) is 12.1 Å². The zero-order chi connectivity index (χ0) is 25.1. The first-order valence-electron chi connectivity index (χ1n) is 10.8. The van der Waals surface area contributed by atoms with Crippen LogP contribution in [0, 0.1) is 0 Å². The molecule has 2 aromatic carbocycles. The number of carbonyl (C=O) groups is 3. The van der Waals surface area contributed by atoms with Crippen molar-refractivity contribution in [3.63, 3.8) is 0 Å². The molecule has 0 heterocycles. The molecule has 0 bridgehead atoms. The maximum atomic E-state index is 13.0. The number of nitrogens with zero attached hydrogens (tertiary/aromatic N) is 4. The van der Waals surface area contributed by atoms with Crippen LogP contribution in [0.2, 0.25) is 0 Å². The molecular formula is C24H32N6O4. The zero-order valence-electron chi connectivity index (χ0n) is 19.6. The van der Waals surface area contributed by atoms with Crippen LogP contribution in [0.3, 0.4) is 0 Å². The van der Waals surface area contributed by atoms with Gasteiger partial charge in [0.2, 0.25) is 6.41 Å². The van der Waals surface area contributed by atoms with Gasteiger partial charge in [0.1, 0.15) is 0 Å². The lowest BCUT2D eigenvalue weighted by molar-refractivity contribution is -0.118. The maximum absolute atomic E-state index is 13.0. The third kappa shape index (κ3) is 7.59. The van der Waals surface area contributed by atoms with Crippen molar-refractivity contribution in [2.45, 2.75) is 19.5 Å². The highest BCUT2D eigenvalue weighted by molar-refractivity contribution is 5.95. The first-order valence-corrected chi connectivity index (χ1v) is 10.8. The molecule has 3 amide bonds. The Bertz CT molecular complexity index is 1030. The summed E-state index contributed by atoms with van der Waals surface area (Å²) < 4.78 is 0. The van der Waals surface area contributed by atoms with Gasteiger partial charge in [0, 0.05) is 45.5 Å². The molecule has 2 aromatic rings. The summed E-state index contributed by atoms with van der Waals surface area (Å²) in [4.78, 5) is 44.4. The molecule has 0 atom stereocenters. The average molecular weight is 469 g/mol. The highest BCUT2D eigenvalue weighted by Gasteiger charge is 2.17. The third-order valence-corrected chi connectivity index (χ3v) is 5.23. The number of para-hydroxylation sites is 2. The summed E-state index contributed by atoms with van der Waals surface area (Å²) in [6.45, 7) is 1.54. The number of nitrogens with two attached hydrogens (primary N) is 2. The molecule has 0 aliphatic rings. The number of hydrogen-bond donors (Lipinski definition) is 3. The number of carboxylic acid groups (broad SMARTS) is 1. The van der Waals surface area contributed by atoms with E-state index in [2.05, 4.69) is 4.99 Å². The number of nitrogen functional groups attached to an aromatic ring is 1. The van der Waals surface area contributed by atoms with Gasteiger partial charge < -0.3 is 31.3 Å². The number of amides is 3. The molecule has 0 unspecified atom stereocenters. The van der Waals surface area contributed by atoms with E-state index in [-0.39, 0.29) is 25.5 Å². The topological polar surface area (TPSA) is 146 Å². The van der Waals surface area contributed by atoms with Crippen molar-refractivity contribution in [1.29, 1.82) is 0 Å². The molecule has 2 rings (SSSR count). The number of benzene rings is 2. The molecule has 10 heteroatoms. The van der Waals surface area contributed by atoms with Crippen LogP contribution >= 0.6 is 0 Å². The van der Waals surface area contributed by atoms with E-state index in [4.69, 9.17) is 11.5 Å². The van der Waals surface area contributed by atoms with Crippen molar-refractivity contribution < 1.29 is 19.5 Å². The van der Waals surface area contributed by atoms with Crippen LogP contribution in [-0.2, 0) is 17.9 Å². The summed E-state index contributed by atoms with van der Waals surface area (Å²) in [6.07, 6.45) is 1.91. The lowest BCUT2D eigenvalue weighted by Crippen LogP contribution is -2.30. The minimum absolute atomic E-state index is 0.129. The van der Waals surface area contributed by atoms with Crippen molar-refractivity contribution in [2.75, 3.05) is 39.5 Å². The van der Waals surface area contributed by atoms with Crippen LogP contribution in [0.25, 0.3) is 0 Å². The fourth-order valence-corrected chi connectivity index (χ4v) is 3.24. The van der Waals surface area contributed by atoms with Gasteiger partial charge in [0.05, 0.1) is 17.9 Å². The SMILES string of the molecule is CN(Cc1ccc(C(=O)N(C)CC=Nc2ccccc2N)cc1CN(C=O)CCCN)C(=O)O. The number of rotatable bonds is 12. The van der Waals surface area contributed by atoms with Crippen molar-refractivity contribution in [3.05, 3.63) is 59.2 Å². The minimum Gasteiger partial charge on any atom is -0.465 e. The molecule has 10 nitrogen and oxygen atoms in total. The van der Waals surface area contributed by atoms with Gasteiger partial charge in [0.15, 0.2) is 0 Å². The quantitative estimate of drug-likeness (QED) is 0.247. The predicted molar refractivity (Wildman–Crippen MR) is 132 cm³/mol. The Kier molecular flexibility index (Phi) is 10.0. The van der Waals surface area contributed by atoms with E-state index in [1.54, 1.807) is 48.5 Å². The van der Waals surface area contributed by atoms with Gasteiger partial charge in [0.25, 0.3) is 5.91 Å². The first-order chi connectivity index (χ1) is 16.3. The minimum atomic E-state index is -1.07. The molecule has 0 aliphatic heterocycles. The molecule has 0 saturated carbocycles. The Morgan fingerprint density at radius 3 is 2.44 bits per heavy atom. The van der Waals surface area contributed by atoms with Gasteiger partial charge in [-0.05, 0) is 48.4 Å². The summed E-state index contributed by atoms with van der Waals surface area (Å²) >= 11 is 0. The summed E-state index contributed by atoms with van der Waals surface area (Å²) in [5.74, 6) is -0.230. The Morgan fingerprint density at radius 1 is 1.06 bits per heavy atom. The predicted octanol–water partition coefficient (Wildman–Crippen LogP) is 2.16. The van der Waals surface area contributed by atoms with E-state index in [1.165, 1.54) is 11.9 Å². The Balaban J connectivity index is 2.22. The summed E-state index contributed by atoms with van der Waals surface area (Å²) in [7, 11) is 3.12. The normalized spacial score (nSPS) is 10.8. The molecular weight excluding hydrogens is 436 g/mol. The van der Waals surface area contributed by atoms with Crippen LogP contribution in [0.1, 0.15) is 27.9 Å². The van der Waals surface area contributed by atoms with Crippen molar-refractivity contribution in [1.82, 2.24) is 14.7 Å². The Labute approximate surface area is 199 Å². The van der Waals surface area contributed by atoms with Gasteiger partial charge in [-0.25, -0.2) is 4.79 Å². The molecule has 5 N–H and O–H groups in total. The van der Waals surface area contributed by atoms with Crippen molar-refractivity contribution in [3.8, 4) is 0 Å². The van der Waals surface area contributed by atoms with E-state index >= 15 is 0 Å². The second-order valence-corrected chi connectivity index (χ2v) is 7.90. The van der Waals surface area contributed by atoms with Crippen LogP contribution < -0.4 is 11.5 Å². The summed E-state index contributed by atoms with van der Waals surface area (Å²) in [5.41, 5.74) is 14.5. The number of anilines is 1. The van der Waals surface area contributed by atoms with Gasteiger partial charge in [-0.1, -0.05) is 18.2 Å². The monoisotopic (exact) mass is 468 g/mol. The summed E-state index contributed by atoms with van der Waals surface area (Å²) in [6, 6.07) is 12.3. The summed E-state index contributed by atoms with van der Waals surface area (Å²) in [5, 5.41) is 9.24. The van der Waals surface area contributed by atoms with Crippen molar-refractivity contribution >= 4 is 36.0 Å². The molecule has 0 aliphatic carbocycles. The average Bonchev–Trinajstić information content (AvgIpc) is 2.83. The number of aliphatic imine (C=N–C) groups is 1. The maximum Gasteiger partial charge on any atom is 0.407 e. The zero-order valence-corrected chi connectivity index (χ0v) is 19.6. The molecule has 34 heavy (non-hydrogen) atoms. The van der Waals surface area contributed by atoms with E-state index < -0.39 is 6.09 Å². The lowest BCUT2D eigenvalue weighted by Gasteiger charge is -2.22. The van der Waals surface area contributed by atoms with E-state index in [9.17, 15) is 19.5 Å². The second kappa shape index (κ2) is 12.9.